The average Bonchev–Trinajstić information content (AvgIpc) is 2.96. The van der Waals surface area contributed by atoms with E-state index in [1.54, 1.807) is 12.1 Å². The molecule has 3 aromatic rings. The first-order valence-electron chi connectivity index (χ1n) is 6.47. The molecule has 0 bridgehead atoms. The normalized spacial score (nSPS) is 12.2. The molecule has 1 aromatic carbocycles. The molecule has 0 saturated carbocycles. The first kappa shape index (κ1) is 12.1. The molecular formula is C14H9F3N4. The Kier molecular flexibility index (Phi) is 2.88. The highest BCUT2D eigenvalue weighted by atomic mass is 19.4. The molecular weight excluding hydrogens is 281 g/mol. The van der Waals surface area contributed by atoms with Crippen molar-refractivity contribution in [1.29, 1.82) is 0 Å². The van der Waals surface area contributed by atoms with Crippen molar-refractivity contribution in [2.45, 2.75) is 6.18 Å². The van der Waals surface area contributed by atoms with Crippen molar-refractivity contribution in [3.63, 3.8) is 0 Å². The van der Waals surface area contributed by atoms with Gasteiger partial charge in [-0.3, -0.25) is 10.1 Å². The predicted molar refractivity (Wildman–Crippen MR) is 70.1 cm³/mol. The van der Waals surface area contributed by atoms with Crippen LogP contribution < -0.4 is 0 Å². The van der Waals surface area contributed by atoms with Crippen molar-refractivity contribution < 1.29 is 14.5 Å². The number of benzene rings is 1. The Morgan fingerprint density at radius 2 is 1.86 bits per heavy atom. The number of rotatable bonds is 2. The van der Waals surface area contributed by atoms with E-state index in [0.717, 1.165) is 12.1 Å². The van der Waals surface area contributed by atoms with Gasteiger partial charge in [0.1, 0.15) is 5.69 Å². The average molecular weight is 291 g/mol. The molecule has 2 heterocycles. The third-order valence-electron chi connectivity index (χ3n) is 2.79. The lowest BCUT2D eigenvalue weighted by molar-refractivity contribution is -0.137. The SMILES string of the molecule is [2H]c1cccnc1-c1nc(-c2ccc(C(F)(F)F)cc2)n[nH]1. The Bertz CT molecular complexity index is 796. The number of hydrogen-bond acceptors (Lipinski definition) is 3. The summed E-state index contributed by atoms with van der Waals surface area (Å²) in [6.07, 6.45) is -2.86. The number of alkyl halides is 3. The maximum absolute atomic E-state index is 12.5. The van der Waals surface area contributed by atoms with Gasteiger partial charge < -0.3 is 0 Å². The summed E-state index contributed by atoms with van der Waals surface area (Å²) < 4.78 is 45.3. The largest absolute Gasteiger partial charge is 0.416 e. The molecule has 0 aliphatic heterocycles. The molecule has 4 nitrogen and oxygen atoms in total. The van der Waals surface area contributed by atoms with Crippen LogP contribution >= 0.6 is 0 Å². The van der Waals surface area contributed by atoms with E-state index in [1.807, 2.05) is 0 Å². The van der Waals surface area contributed by atoms with E-state index in [4.69, 9.17) is 1.37 Å². The molecule has 2 aromatic heterocycles. The van der Waals surface area contributed by atoms with Gasteiger partial charge >= 0.3 is 6.18 Å². The molecule has 0 spiro atoms. The zero-order valence-electron chi connectivity index (χ0n) is 11.5. The molecule has 0 fully saturated rings. The monoisotopic (exact) mass is 291 g/mol. The Hall–Kier alpha value is -2.70. The summed E-state index contributed by atoms with van der Waals surface area (Å²) in [5.41, 5.74) is 0.0382. The highest BCUT2D eigenvalue weighted by Crippen LogP contribution is 2.30. The summed E-state index contributed by atoms with van der Waals surface area (Å²) in [6.45, 7) is 0. The van der Waals surface area contributed by atoms with Gasteiger partial charge in [0.15, 0.2) is 11.6 Å². The minimum Gasteiger partial charge on any atom is -0.257 e. The summed E-state index contributed by atoms with van der Waals surface area (Å²) in [7, 11) is 0. The van der Waals surface area contributed by atoms with Crippen LogP contribution in [0, 0.1) is 0 Å². The molecule has 0 aliphatic rings. The number of H-pyrrole nitrogens is 1. The van der Waals surface area contributed by atoms with E-state index in [0.29, 0.717) is 17.1 Å². The number of pyridine rings is 1. The standard InChI is InChI=1S/C14H9F3N4/c15-14(16,17)10-6-4-9(5-7-10)12-19-13(21-20-12)11-3-1-2-8-18-11/h1-8H,(H,19,20,21)/i3D. The summed E-state index contributed by atoms with van der Waals surface area (Å²) in [6, 6.07) is 7.91. The van der Waals surface area contributed by atoms with Gasteiger partial charge in [-0.2, -0.15) is 18.3 Å². The van der Waals surface area contributed by atoms with E-state index < -0.39 is 11.7 Å². The number of nitrogens with zero attached hydrogens (tertiary/aromatic N) is 3. The molecule has 21 heavy (non-hydrogen) atoms. The van der Waals surface area contributed by atoms with E-state index >= 15 is 0 Å². The number of aromatic nitrogens is 4. The molecule has 0 radical (unpaired) electrons. The molecule has 106 valence electrons. The second-order valence-electron chi connectivity index (χ2n) is 4.21. The third kappa shape index (κ3) is 2.76. The van der Waals surface area contributed by atoms with Gasteiger partial charge in [0.05, 0.1) is 6.93 Å². The van der Waals surface area contributed by atoms with Gasteiger partial charge in [0, 0.05) is 11.8 Å². The van der Waals surface area contributed by atoms with Crippen LogP contribution in [0.1, 0.15) is 6.93 Å². The van der Waals surface area contributed by atoms with Crippen LogP contribution in [0.5, 0.6) is 0 Å². The maximum Gasteiger partial charge on any atom is 0.416 e. The first-order chi connectivity index (χ1) is 10.4. The Morgan fingerprint density at radius 3 is 2.52 bits per heavy atom. The molecule has 3 rings (SSSR count). The zero-order valence-corrected chi connectivity index (χ0v) is 10.5. The fourth-order valence-electron chi connectivity index (χ4n) is 1.76. The van der Waals surface area contributed by atoms with Gasteiger partial charge in [-0.1, -0.05) is 18.2 Å². The van der Waals surface area contributed by atoms with Crippen LogP contribution in [0.25, 0.3) is 22.9 Å². The molecule has 1 N–H and O–H groups in total. The van der Waals surface area contributed by atoms with E-state index in [2.05, 4.69) is 20.2 Å². The maximum atomic E-state index is 12.5. The number of nitrogens with one attached hydrogen (secondary N) is 1. The Morgan fingerprint density at radius 1 is 1.10 bits per heavy atom. The fourth-order valence-corrected chi connectivity index (χ4v) is 1.76. The second kappa shape index (κ2) is 5.01. The van der Waals surface area contributed by atoms with Crippen LogP contribution in [0.15, 0.2) is 48.6 Å². The molecule has 0 unspecified atom stereocenters. The summed E-state index contributed by atoms with van der Waals surface area (Å²) >= 11 is 0. The quantitative estimate of drug-likeness (QED) is 0.785. The van der Waals surface area contributed by atoms with Gasteiger partial charge in [-0.15, -0.1) is 0 Å². The summed E-state index contributed by atoms with van der Waals surface area (Å²) in [4.78, 5) is 8.20. The van der Waals surface area contributed by atoms with Crippen LogP contribution in [0.4, 0.5) is 13.2 Å². The van der Waals surface area contributed by atoms with Gasteiger partial charge in [0.25, 0.3) is 0 Å². The number of aromatic amines is 1. The van der Waals surface area contributed by atoms with E-state index in [1.165, 1.54) is 18.3 Å². The Balaban J connectivity index is 1.93. The van der Waals surface area contributed by atoms with Gasteiger partial charge in [-0.05, 0) is 24.2 Å². The summed E-state index contributed by atoms with van der Waals surface area (Å²) in [5, 5.41) is 6.60. The molecule has 0 saturated heterocycles. The molecule has 7 heteroatoms. The first-order valence-corrected chi connectivity index (χ1v) is 5.97. The predicted octanol–water partition coefficient (Wildman–Crippen LogP) is 3.55. The molecule has 0 amide bonds. The Labute approximate surface area is 119 Å². The van der Waals surface area contributed by atoms with Gasteiger partial charge in [0.2, 0.25) is 0 Å². The van der Waals surface area contributed by atoms with Crippen LogP contribution in [-0.4, -0.2) is 20.2 Å². The van der Waals surface area contributed by atoms with Crippen molar-refractivity contribution in [2.24, 2.45) is 0 Å². The second-order valence-corrected chi connectivity index (χ2v) is 4.21. The van der Waals surface area contributed by atoms with E-state index in [9.17, 15) is 13.2 Å². The molecule has 0 atom stereocenters. The lowest BCUT2D eigenvalue weighted by Crippen LogP contribution is -2.04. The number of hydrogen-bond donors (Lipinski definition) is 1. The van der Waals surface area contributed by atoms with Crippen molar-refractivity contribution in [3.05, 3.63) is 54.2 Å². The highest BCUT2D eigenvalue weighted by molar-refractivity contribution is 5.59. The molecule has 0 aliphatic carbocycles. The van der Waals surface area contributed by atoms with E-state index in [-0.39, 0.29) is 11.9 Å². The van der Waals surface area contributed by atoms with Crippen LogP contribution in [0.3, 0.4) is 0 Å². The van der Waals surface area contributed by atoms with Gasteiger partial charge in [-0.25, -0.2) is 4.98 Å². The lowest BCUT2D eigenvalue weighted by atomic mass is 10.1. The van der Waals surface area contributed by atoms with Crippen molar-refractivity contribution in [3.8, 4) is 22.9 Å². The highest BCUT2D eigenvalue weighted by Gasteiger charge is 2.30. The van der Waals surface area contributed by atoms with Crippen molar-refractivity contribution in [1.82, 2.24) is 20.2 Å². The topological polar surface area (TPSA) is 54.5 Å². The number of halogens is 3. The lowest BCUT2D eigenvalue weighted by Gasteiger charge is -2.05. The zero-order chi connectivity index (χ0) is 15.7. The van der Waals surface area contributed by atoms with Crippen molar-refractivity contribution in [2.75, 3.05) is 0 Å². The summed E-state index contributed by atoms with van der Waals surface area (Å²) in [5.74, 6) is 0.536. The minimum absolute atomic E-state index is 0.178. The smallest absolute Gasteiger partial charge is 0.257 e. The van der Waals surface area contributed by atoms with Crippen LogP contribution in [-0.2, 0) is 6.18 Å². The third-order valence-corrected chi connectivity index (χ3v) is 2.79. The minimum atomic E-state index is -4.38. The fraction of sp³-hybridized carbons (Fsp3) is 0.0714. The van der Waals surface area contributed by atoms with Crippen LogP contribution in [0.2, 0.25) is 0 Å². The van der Waals surface area contributed by atoms with Crippen molar-refractivity contribution >= 4 is 0 Å².